The van der Waals surface area contributed by atoms with Crippen LogP contribution in [0.1, 0.15) is 38.7 Å². The van der Waals surface area contributed by atoms with Crippen LogP contribution in [0.5, 0.6) is 0 Å². The van der Waals surface area contributed by atoms with Gasteiger partial charge in [0.25, 0.3) is 0 Å². The topological polar surface area (TPSA) is 46.2 Å². The predicted molar refractivity (Wildman–Crippen MR) is 70.0 cm³/mol. The molecule has 3 nitrogen and oxygen atoms in total. The van der Waals surface area contributed by atoms with Crippen molar-refractivity contribution in [1.82, 2.24) is 5.32 Å². The molecule has 1 aliphatic rings. The Hall–Kier alpha value is -1.64. The summed E-state index contributed by atoms with van der Waals surface area (Å²) < 4.78 is 0. The highest BCUT2D eigenvalue weighted by molar-refractivity contribution is 5.99. The first kappa shape index (κ1) is 12.8. The summed E-state index contributed by atoms with van der Waals surface area (Å²) in [6.45, 7) is 4.25. The van der Waals surface area contributed by atoms with Crippen molar-refractivity contribution in [3.05, 3.63) is 35.9 Å². The Kier molecular flexibility index (Phi) is 3.50. The van der Waals surface area contributed by atoms with Gasteiger partial charge in [-0.05, 0) is 17.9 Å². The van der Waals surface area contributed by atoms with E-state index < -0.39 is 0 Å². The highest BCUT2D eigenvalue weighted by Gasteiger charge is 2.41. The summed E-state index contributed by atoms with van der Waals surface area (Å²) in [6, 6.07) is 9.93. The molecule has 1 saturated heterocycles. The van der Waals surface area contributed by atoms with Gasteiger partial charge in [-0.1, -0.05) is 44.2 Å². The van der Waals surface area contributed by atoms with Crippen LogP contribution in [0.25, 0.3) is 0 Å². The minimum atomic E-state index is -0.325. The Morgan fingerprint density at radius 3 is 2.17 bits per heavy atom. The van der Waals surface area contributed by atoms with Gasteiger partial charge in [0.05, 0.1) is 0 Å². The second kappa shape index (κ2) is 4.92. The van der Waals surface area contributed by atoms with Crippen LogP contribution in [-0.2, 0) is 15.0 Å². The zero-order valence-electron chi connectivity index (χ0n) is 10.9. The molecule has 1 fully saturated rings. The zero-order valence-corrected chi connectivity index (χ0v) is 10.9. The van der Waals surface area contributed by atoms with E-state index in [9.17, 15) is 9.59 Å². The van der Waals surface area contributed by atoms with Crippen molar-refractivity contribution in [2.75, 3.05) is 0 Å². The van der Waals surface area contributed by atoms with Gasteiger partial charge >= 0.3 is 0 Å². The molecule has 0 spiro atoms. The lowest BCUT2D eigenvalue weighted by Gasteiger charge is -2.37. The fourth-order valence-electron chi connectivity index (χ4n) is 2.96. The SMILES string of the molecule is CC(C)CC1(c2ccccc2)CC(=O)NC(=O)C1. The highest BCUT2D eigenvalue weighted by atomic mass is 16.2. The Bertz CT molecular complexity index is 435. The van der Waals surface area contributed by atoms with Gasteiger partial charge in [0.1, 0.15) is 0 Å². The molecule has 0 saturated carbocycles. The smallest absolute Gasteiger partial charge is 0.227 e. The molecule has 0 unspecified atom stereocenters. The molecular weight excluding hydrogens is 226 g/mol. The third-order valence-electron chi connectivity index (χ3n) is 3.46. The van der Waals surface area contributed by atoms with Crippen LogP contribution in [0.4, 0.5) is 0 Å². The summed E-state index contributed by atoms with van der Waals surface area (Å²) in [4.78, 5) is 23.4. The highest BCUT2D eigenvalue weighted by Crippen LogP contribution is 2.39. The van der Waals surface area contributed by atoms with Gasteiger partial charge < -0.3 is 0 Å². The molecule has 1 aromatic rings. The maximum Gasteiger partial charge on any atom is 0.227 e. The number of nitrogens with one attached hydrogen (secondary N) is 1. The molecule has 1 aromatic carbocycles. The van der Waals surface area contributed by atoms with E-state index in [-0.39, 0.29) is 17.2 Å². The quantitative estimate of drug-likeness (QED) is 0.831. The molecule has 2 rings (SSSR count). The van der Waals surface area contributed by atoms with E-state index in [4.69, 9.17) is 0 Å². The molecule has 0 bridgehead atoms. The van der Waals surface area contributed by atoms with Crippen LogP contribution >= 0.6 is 0 Å². The third kappa shape index (κ3) is 2.61. The lowest BCUT2D eigenvalue weighted by Crippen LogP contribution is -2.47. The van der Waals surface area contributed by atoms with Crippen molar-refractivity contribution in [3.8, 4) is 0 Å². The van der Waals surface area contributed by atoms with E-state index in [0.29, 0.717) is 18.8 Å². The number of piperidine rings is 1. The number of amides is 2. The van der Waals surface area contributed by atoms with Crippen molar-refractivity contribution in [1.29, 1.82) is 0 Å². The summed E-state index contributed by atoms with van der Waals surface area (Å²) in [5.74, 6) is 0.135. The van der Waals surface area contributed by atoms with Crippen LogP contribution in [0, 0.1) is 5.92 Å². The summed E-state index contributed by atoms with van der Waals surface area (Å²) in [5.41, 5.74) is 0.774. The minimum Gasteiger partial charge on any atom is -0.296 e. The number of carbonyl (C=O) groups is 2. The molecule has 0 atom stereocenters. The van der Waals surface area contributed by atoms with Crippen LogP contribution in [0.15, 0.2) is 30.3 Å². The van der Waals surface area contributed by atoms with Crippen molar-refractivity contribution < 1.29 is 9.59 Å². The van der Waals surface area contributed by atoms with Crippen LogP contribution in [0.2, 0.25) is 0 Å². The molecule has 96 valence electrons. The van der Waals surface area contributed by atoms with Gasteiger partial charge in [-0.3, -0.25) is 14.9 Å². The first-order valence-electron chi connectivity index (χ1n) is 6.40. The first-order chi connectivity index (χ1) is 8.52. The normalized spacial score (nSPS) is 18.8. The number of carbonyl (C=O) groups excluding carboxylic acids is 2. The largest absolute Gasteiger partial charge is 0.296 e. The van der Waals surface area contributed by atoms with Crippen molar-refractivity contribution in [2.45, 2.75) is 38.5 Å². The van der Waals surface area contributed by atoms with E-state index >= 15 is 0 Å². The van der Waals surface area contributed by atoms with Gasteiger partial charge in [0.15, 0.2) is 0 Å². The third-order valence-corrected chi connectivity index (χ3v) is 3.46. The predicted octanol–water partition coefficient (Wildman–Crippen LogP) is 2.41. The number of imide groups is 1. The number of rotatable bonds is 3. The van der Waals surface area contributed by atoms with Crippen molar-refractivity contribution >= 4 is 11.8 Å². The molecule has 0 aliphatic carbocycles. The molecule has 0 radical (unpaired) electrons. The molecule has 1 heterocycles. The molecule has 18 heavy (non-hydrogen) atoms. The van der Waals surface area contributed by atoms with Crippen molar-refractivity contribution in [2.24, 2.45) is 5.92 Å². The molecule has 0 aromatic heterocycles. The standard InChI is InChI=1S/C15H19NO2/c1-11(2)8-15(12-6-4-3-5-7-12)9-13(17)16-14(18)10-15/h3-7,11H,8-10H2,1-2H3,(H,16,17,18). The second-order valence-electron chi connectivity index (χ2n) is 5.57. The summed E-state index contributed by atoms with van der Waals surface area (Å²) in [6.07, 6.45) is 1.66. The van der Waals surface area contributed by atoms with Gasteiger partial charge in [0.2, 0.25) is 11.8 Å². The second-order valence-corrected chi connectivity index (χ2v) is 5.57. The van der Waals surface area contributed by atoms with Gasteiger partial charge in [0, 0.05) is 18.3 Å². The van der Waals surface area contributed by atoms with Gasteiger partial charge in [-0.15, -0.1) is 0 Å². The van der Waals surface area contributed by atoms with E-state index in [1.165, 1.54) is 0 Å². The van der Waals surface area contributed by atoms with Crippen LogP contribution in [-0.4, -0.2) is 11.8 Å². The van der Waals surface area contributed by atoms with E-state index in [0.717, 1.165) is 12.0 Å². The van der Waals surface area contributed by atoms with Crippen LogP contribution < -0.4 is 5.32 Å². The minimum absolute atomic E-state index is 0.157. The van der Waals surface area contributed by atoms with Gasteiger partial charge in [-0.2, -0.15) is 0 Å². The first-order valence-corrected chi connectivity index (χ1v) is 6.40. The molecule has 1 N–H and O–H groups in total. The maximum atomic E-state index is 11.7. The Morgan fingerprint density at radius 2 is 1.67 bits per heavy atom. The summed E-state index contributed by atoms with van der Waals surface area (Å²) in [5, 5.41) is 2.40. The van der Waals surface area contributed by atoms with Gasteiger partial charge in [-0.25, -0.2) is 0 Å². The summed E-state index contributed by atoms with van der Waals surface area (Å²) >= 11 is 0. The monoisotopic (exact) mass is 245 g/mol. The van der Waals surface area contributed by atoms with Crippen LogP contribution in [0.3, 0.4) is 0 Å². The fourth-order valence-corrected chi connectivity index (χ4v) is 2.96. The lowest BCUT2D eigenvalue weighted by molar-refractivity contribution is -0.136. The fraction of sp³-hybridized carbons (Fsp3) is 0.467. The molecule has 1 aliphatic heterocycles. The Balaban J connectivity index is 2.40. The average molecular weight is 245 g/mol. The number of hydrogen-bond donors (Lipinski definition) is 1. The molecule has 2 amide bonds. The summed E-state index contributed by atoms with van der Waals surface area (Å²) in [7, 11) is 0. The zero-order chi connectivity index (χ0) is 13.2. The number of benzene rings is 1. The molecular formula is C15H19NO2. The van der Waals surface area contributed by atoms with E-state index in [1.807, 2.05) is 30.3 Å². The number of hydrogen-bond acceptors (Lipinski definition) is 2. The maximum absolute atomic E-state index is 11.7. The Labute approximate surface area is 108 Å². The average Bonchev–Trinajstić information content (AvgIpc) is 2.27. The Morgan fingerprint density at radius 1 is 1.11 bits per heavy atom. The van der Waals surface area contributed by atoms with E-state index in [2.05, 4.69) is 19.2 Å². The lowest BCUT2D eigenvalue weighted by atomic mass is 9.68. The van der Waals surface area contributed by atoms with E-state index in [1.54, 1.807) is 0 Å². The molecule has 3 heteroatoms. The van der Waals surface area contributed by atoms with Crippen molar-refractivity contribution in [3.63, 3.8) is 0 Å².